The van der Waals surface area contributed by atoms with E-state index in [2.05, 4.69) is 13.8 Å². The van der Waals surface area contributed by atoms with Gasteiger partial charge in [0.1, 0.15) is 0 Å². The second-order valence-electron chi connectivity index (χ2n) is 5.98. The number of nitrogens with two attached hydrogens (primary N) is 1. The molecule has 15 heavy (non-hydrogen) atoms. The highest BCUT2D eigenvalue weighted by atomic mass is 16.5. The smallest absolute Gasteiger partial charge is 0.0631 e. The molecule has 2 nitrogen and oxygen atoms in total. The molecule has 1 aliphatic carbocycles. The Bertz CT molecular complexity index is 209. The topological polar surface area (TPSA) is 35.2 Å². The van der Waals surface area contributed by atoms with Gasteiger partial charge in [-0.25, -0.2) is 0 Å². The first kappa shape index (κ1) is 11.4. The first-order valence-corrected chi connectivity index (χ1v) is 6.50. The molecule has 0 amide bonds. The van der Waals surface area contributed by atoms with Crippen molar-refractivity contribution in [1.82, 2.24) is 0 Å². The summed E-state index contributed by atoms with van der Waals surface area (Å²) in [5.74, 6) is 0.775. The van der Waals surface area contributed by atoms with E-state index in [0.29, 0.717) is 12.1 Å². The van der Waals surface area contributed by atoms with Crippen LogP contribution in [0.25, 0.3) is 0 Å². The zero-order valence-electron chi connectivity index (χ0n) is 10.2. The van der Waals surface area contributed by atoms with Crippen molar-refractivity contribution in [2.75, 3.05) is 0 Å². The van der Waals surface area contributed by atoms with Crippen LogP contribution in [0.3, 0.4) is 0 Å². The van der Waals surface area contributed by atoms with Crippen LogP contribution in [0.4, 0.5) is 0 Å². The van der Waals surface area contributed by atoms with Gasteiger partial charge in [-0.3, -0.25) is 0 Å². The van der Waals surface area contributed by atoms with Crippen molar-refractivity contribution in [3.8, 4) is 0 Å². The summed E-state index contributed by atoms with van der Waals surface area (Å²) >= 11 is 0. The Hall–Kier alpha value is -0.0800. The minimum Gasteiger partial charge on any atom is -0.372 e. The maximum absolute atomic E-state index is 6.27. The van der Waals surface area contributed by atoms with Crippen LogP contribution in [0.1, 0.15) is 58.8 Å². The summed E-state index contributed by atoms with van der Waals surface area (Å²) in [7, 11) is 0. The molecule has 0 radical (unpaired) electrons. The van der Waals surface area contributed by atoms with Gasteiger partial charge in [0.15, 0.2) is 0 Å². The molecule has 2 fully saturated rings. The van der Waals surface area contributed by atoms with Crippen LogP contribution in [0.2, 0.25) is 0 Å². The summed E-state index contributed by atoms with van der Waals surface area (Å²) < 4.78 is 6.00. The Morgan fingerprint density at radius 1 is 1.27 bits per heavy atom. The molecule has 0 spiro atoms. The highest BCUT2D eigenvalue weighted by Gasteiger charge is 2.34. The van der Waals surface area contributed by atoms with Gasteiger partial charge in [-0.05, 0) is 51.9 Å². The van der Waals surface area contributed by atoms with Crippen LogP contribution in [0, 0.1) is 5.92 Å². The quantitative estimate of drug-likeness (QED) is 0.779. The molecular formula is C13H25NO. The summed E-state index contributed by atoms with van der Waals surface area (Å²) in [6, 6.07) is 0.381. The lowest BCUT2D eigenvalue weighted by atomic mass is 9.93. The Balaban J connectivity index is 1.77. The molecule has 88 valence electrons. The number of rotatable bonds is 3. The number of ether oxygens (including phenoxy) is 1. The summed E-state index contributed by atoms with van der Waals surface area (Å²) in [5.41, 5.74) is 6.36. The van der Waals surface area contributed by atoms with Crippen LogP contribution in [0.5, 0.6) is 0 Å². The zero-order chi connectivity index (χ0) is 10.9. The molecule has 1 saturated heterocycles. The third-order valence-corrected chi connectivity index (χ3v) is 4.09. The summed E-state index contributed by atoms with van der Waals surface area (Å²) in [6.07, 6.45) is 9.35. The van der Waals surface area contributed by atoms with E-state index in [9.17, 15) is 0 Å². The molecule has 1 heterocycles. The van der Waals surface area contributed by atoms with Crippen molar-refractivity contribution in [1.29, 1.82) is 0 Å². The van der Waals surface area contributed by atoms with E-state index in [0.717, 1.165) is 12.3 Å². The van der Waals surface area contributed by atoms with Gasteiger partial charge in [0, 0.05) is 6.04 Å². The highest BCUT2D eigenvalue weighted by molar-refractivity contribution is 4.86. The first-order chi connectivity index (χ1) is 7.07. The van der Waals surface area contributed by atoms with Crippen molar-refractivity contribution in [3.63, 3.8) is 0 Å². The molecule has 0 aromatic carbocycles. The summed E-state index contributed by atoms with van der Waals surface area (Å²) in [6.45, 7) is 4.38. The van der Waals surface area contributed by atoms with Gasteiger partial charge in [0.05, 0.1) is 11.7 Å². The molecule has 2 heteroatoms. The van der Waals surface area contributed by atoms with Crippen molar-refractivity contribution < 1.29 is 4.74 Å². The molecule has 2 atom stereocenters. The van der Waals surface area contributed by atoms with Gasteiger partial charge >= 0.3 is 0 Å². The summed E-state index contributed by atoms with van der Waals surface area (Å²) in [5, 5.41) is 0. The van der Waals surface area contributed by atoms with E-state index >= 15 is 0 Å². The predicted octanol–water partition coefficient (Wildman–Crippen LogP) is 2.85. The third-order valence-electron chi connectivity index (χ3n) is 4.09. The average molecular weight is 211 g/mol. The molecule has 2 aliphatic rings. The molecule has 1 aliphatic heterocycles. The number of hydrogen-bond acceptors (Lipinski definition) is 2. The Morgan fingerprint density at radius 2 is 1.93 bits per heavy atom. The molecule has 0 bridgehead atoms. The molecular weight excluding hydrogens is 186 g/mol. The lowest BCUT2D eigenvalue weighted by Crippen LogP contribution is -2.33. The van der Waals surface area contributed by atoms with Crippen LogP contribution >= 0.6 is 0 Å². The van der Waals surface area contributed by atoms with Gasteiger partial charge in [0.25, 0.3) is 0 Å². The minimum atomic E-state index is 0.0973. The predicted molar refractivity (Wildman–Crippen MR) is 62.7 cm³/mol. The fourth-order valence-corrected chi connectivity index (χ4v) is 3.13. The van der Waals surface area contributed by atoms with Crippen molar-refractivity contribution in [2.24, 2.45) is 11.7 Å². The maximum Gasteiger partial charge on any atom is 0.0631 e. The van der Waals surface area contributed by atoms with Gasteiger partial charge in [-0.2, -0.15) is 0 Å². The molecule has 0 aromatic rings. The van der Waals surface area contributed by atoms with Gasteiger partial charge in [0.2, 0.25) is 0 Å². The van der Waals surface area contributed by atoms with Crippen molar-refractivity contribution in [3.05, 3.63) is 0 Å². The molecule has 2 N–H and O–H groups in total. The Kier molecular flexibility index (Phi) is 3.36. The minimum absolute atomic E-state index is 0.0973. The van der Waals surface area contributed by atoms with Crippen LogP contribution in [0.15, 0.2) is 0 Å². The van der Waals surface area contributed by atoms with Crippen molar-refractivity contribution >= 4 is 0 Å². The number of hydrogen-bond donors (Lipinski definition) is 1. The van der Waals surface area contributed by atoms with Gasteiger partial charge in [-0.1, -0.05) is 12.8 Å². The standard InChI is InChI=1S/C13H25NO/c1-13(2)8-7-11(15-13)9-12(14)10-5-3-4-6-10/h10-12H,3-9,14H2,1-2H3. The highest BCUT2D eigenvalue weighted by Crippen LogP contribution is 2.34. The molecule has 2 rings (SSSR count). The summed E-state index contributed by atoms with van der Waals surface area (Å²) in [4.78, 5) is 0. The molecule has 0 aromatic heterocycles. The first-order valence-electron chi connectivity index (χ1n) is 6.50. The van der Waals surface area contributed by atoms with E-state index in [1.807, 2.05) is 0 Å². The SMILES string of the molecule is CC1(C)CCC(CC(N)C2CCCC2)O1. The van der Waals surface area contributed by atoms with E-state index in [4.69, 9.17) is 10.5 Å². The monoisotopic (exact) mass is 211 g/mol. The molecule has 2 unspecified atom stereocenters. The largest absolute Gasteiger partial charge is 0.372 e. The van der Waals surface area contributed by atoms with E-state index in [-0.39, 0.29) is 5.60 Å². The van der Waals surface area contributed by atoms with Crippen molar-refractivity contribution in [2.45, 2.75) is 76.5 Å². The average Bonchev–Trinajstić information content (AvgIpc) is 2.74. The lowest BCUT2D eigenvalue weighted by Gasteiger charge is -2.24. The van der Waals surface area contributed by atoms with Gasteiger partial charge in [-0.15, -0.1) is 0 Å². The van der Waals surface area contributed by atoms with E-state index in [1.165, 1.54) is 38.5 Å². The second-order valence-corrected chi connectivity index (χ2v) is 5.98. The second kappa shape index (κ2) is 4.42. The fourth-order valence-electron chi connectivity index (χ4n) is 3.13. The van der Waals surface area contributed by atoms with Gasteiger partial charge < -0.3 is 10.5 Å². The zero-order valence-corrected chi connectivity index (χ0v) is 10.2. The Labute approximate surface area is 93.6 Å². The normalized spacial score (nSPS) is 33.4. The van der Waals surface area contributed by atoms with E-state index in [1.54, 1.807) is 0 Å². The third kappa shape index (κ3) is 2.94. The van der Waals surface area contributed by atoms with Crippen LogP contribution in [-0.2, 0) is 4.74 Å². The lowest BCUT2D eigenvalue weighted by molar-refractivity contribution is -0.0226. The van der Waals surface area contributed by atoms with Crippen LogP contribution in [-0.4, -0.2) is 17.7 Å². The Morgan fingerprint density at radius 3 is 2.47 bits per heavy atom. The van der Waals surface area contributed by atoms with E-state index < -0.39 is 0 Å². The fraction of sp³-hybridized carbons (Fsp3) is 1.00. The van der Waals surface area contributed by atoms with Crippen LogP contribution < -0.4 is 5.73 Å². The molecule has 1 saturated carbocycles. The maximum atomic E-state index is 6.27.